The molecule has 0 aromatic heterocycles. The highest BCUT2D eigenvalue weighted by Gasteiger charge is 2.26. The van der Waals surface area contributed by atoms with Crippen LogP contribution >= 0.6 is 11.8 Å². The summed E-state index contributed by atoms with van der Waals surface area (Å²) in [7, 11) is 0. The summed E-state index contributed by atoms with van der Waals surface area (Å²) >= 11 is 1.72. The molecular weight excluding hydrogens is 224 g/mol. The van der Waals surface area contributed by atoms with E-state index >= 15 is 0 Å². The standard InChI is InChI=1S/C11H24N2O2S/c1-11(2,3)9(12)10(15)13-5-8-16-7-4-6-14/h9,14H,4-8,12H2,1-3H3,(H,13,15). The highest BCUT2D eigenvalue weighted by Crippen LogP contribution is 2.17. The molecule has 1 amide bonds. The minimum atomic E-state index is -0.463. The summed E-state index contributed by atoms with van der Waals surface area (Å²) in [6.45, 7) is 6.72. The summed E-state index contributed by atoms with van der Waals surface area (Å²) in [4.78, 5) is 11.6. The first kappa shape index (κ1) is 15.7. The molecule has 0 saturated carbocycles. The van der Waals surface area contributed by atoms with Crippen molar-refractivity contribution in [2.24, 2.45) is 11.1 Å². The van der Waals surface area contributed by atoms with Crippen LogP contribution in [0.15, 0.2) is 0 Å². The lowest BCUT2D eigenvalue weighted by atomic mass is 9.87. The quantitative estimate of drug-likeness (QED) is 0.577. The average Bonchev–Trinajstić information content (AvgIpc) is 2.20. The molecule has 1 atom stereocenters. The van der Waals surface area contributed by atoms with Gasteiger partial charge < -0.3 is 16.2 Å². The fourth-order valence-corrected chi connectivity index (χ4v) is 1.80. The van der Waals surface area contributed by atoms with E-state index in [4.69, 9.17) is 10.8 Å². The van der Waals surface area contributed by atoms with E-state index in [2.05, 4.69) is 5.32 Å². The predicted octanol–water partition coefficient (Wildman–Crippen LogP) is 0.592. The van der Waals surface area contributed by atoms with E-state index in [-0.39, 0.29) is 17.9 Å². The molecule has 0 radical (unpaired) electrons. The number of nitrogens with two attached hydrogens (primary N) is 1. The second kappa shape index (κ2) is 7.92. The van der Waals surface area contributed by atoms with Gasteiger partial charge in [0.2, 0.25) is 5.91 Å². The summed E-state index contributed by atoms with van der Waals surface area (Å²) in [6, 6.07) is -0.463. The highest BCUT2D eigenvalue weighted by atomic mass is 32.2. The average molecular weight is 248 g/mol. The topological polar surface area (TPSA) is 75.4 Å². The Balaban J connectivity index is 3.58. The number of carbonyl (C=O) groups is 1. The van der Waals surface area contributed by atoms with Crippen LogP contribution in [-0.4, -0.2) is 41.7 Å². The first-order valence-electron chi connectivity index (χ1n) is 5.61. The number of hydrogen-bond acceptors (Lipinski definition) is 4. The van der Waals surface area contributed by atoms with E-state index in [0.717, 1.165) is 17.9 Å². The Morgan fingerprint density at radius 3 is 2.56 bits per heavy atom. The molecule has 1 unspecified atom stereocenters. The molecule has 16 heavy (non-hydrogen) atoms. The van der Waals surface area contributed by atoms with Crippen molar-refractivity contribution in [3.8, 4) is 0 Å². The number of aliphatic hydroxyl groups excluding tert-OH is 1. The molecule has 0 rings (SSSR count). The van der Waals surface area contributed by atoms with E-state index in [1.165, 1.54) is 0 Å². The van der Waals surface area contributed by atoms with Gasteiger partial charge in [0.25, 0.3) is 0 Å². The maximum Gasteiger partial charge on any atom is 0.237 e. The zero-order valence-corrected chi connectivity index (χ0v) is 11.3. The molecule has 4 nitrogen and oxygen atoms in total. The van der Waals surface area contributed by atoms with Gasteiger partial charge in [0.15, 0.2) is 0 Å². The van der Waals surface area contributed by atoms with Crippen molar-refractivity contribution in [1.82, 2.24) is 5.32 Å². The van der Waals surface area contributed by atoms with Gasteiger partial charge in [-0.25, -0.2) is 0 Å². The molecule has 0 aromatic carbocycles. The maximum atomic E-state index is 11.6. The lowest BCUT2D eigenvalue weighted by Gasteiger charge is -2.25. The molecule has 0 bridgehead atoms. The van der Waals surface area contributed by atoms with Crippen LogP contribution < -0.4 is 11.1 Å². The van der Waals surface area contributed by atoms with Crippen LogP contribution in [0.3, 0.4) is 0 Å². The molecular formula is C11H24N2O2S. The van der Waals surface area contributed by atoms with Crippen LogP contribution in [0, 0.1) is 5.41 Å². The lowest BCUT2D eigenvalue weighted by molar-refractivity contribution is -0.124. The predicted molar refractivity (Wildman–Crippen MR) is 69.5 cm³/mol. The zero-order valence-electron chi connectivity index (χ0n) is 10.5. The van der Waals surface area contributed by atoms with Crippen molar-refractivity contribution >= 4 is 17.7 Å². The number of nitrogens with one attached hydrogen (secondary N) is 1. The fraction of sp³-hybridized carbons (Fsp3) is 0.909. The van der Waals surface area contributed by atoms with Crippen molar-refractivity contribution < 1.29 is 9.90 Å². The van der Waals surface area contributed by atoms with Crippen LogP contribution in [0.5, 0.6) is 0 Å². The van der Waals surface area contributed by atoms with Gasteiger partial charge in [-0.3, -0.25) is 4.79 Å². The summed E-state index contributed by atoms with van der Waals surface area (Å²) in [6.07, 6.45) is 0.806. The Morgan fingerprint density at radius 2 is 2.06 bits per heavy atom. The molecule has 5 heteroatoms. The third-order valence-electron chi connectivity index (χ3n) is 2.21. The van der Waals surface area contributed by atoms with Gasteiger partial charge in [0, 0.05) is 18.9 Å². The van der Waals surface area contributed by atoms with Crippen LogP contribution in [-0.2, 0) is 4.79 Å². The van der Waals surface area contributed by atoms with Gasteiger partial charge in [-0.15, -0.1) is 0 Å². The number of rotatable bonds is 7. The molecule has 96 valence electrons. The van der Waals surface area contributed by atoms with E-state index < -0.39 is 6.04 Å². The van der Waals surface area contributed by atoms with Crippen molar-refractivity contribution in [3.63, 3.8) is 0 Å². The summed E-state index contributed by atoms with van der Waals surface area (Å²) in [5.74, 6) is 1.70. The van der Waals surface area contributed by atoms with Crippen LogP contribution in [0.25, 0.3) is 0 Å². The maximum absolute atomic E-state index is 11.6. The number of aliphatic hydroxyl groups is 1. The Bertz CT molecular complexity index is 205. The number of amides is 1. The summed E-state index contributed by atoms with van der Waals surface area (Å²) < 4.78 is 0. The fourth-order valence-electron chi connectivity index (χ4n) is 1.02. The van der Waals surface area contributed by atoms with Gasteiger partial charge >= 0.3 is 0 Å². The smallest absolute Gasteiger partial charge is 0.237 e. The van der Waals surface area contributed by atoms with E-state index in [1.807, 2.05) is 20.8 Å². The Hall–Kier alpha value is -0.260. The van der Waals surface area contributed by atoms with Gasteiger partial charge in [-0.05, 0) is 17.6 Å². The zero-order chi connectivity index (χ0) is 12.6. The van der Waals surface area contributed by atoms with Gasteiger partial charge in [-0.2, -0.15) is 11.8 Å². The molecule has 0 fully saturated rings. The van der Waals surface area contributed by atoms with Gasteiger partial charge in [0.1, 0.15) is 0 Å². The van der Waals surface area contributed by atoms with Crippen molar-refractivity contribution in [2.45, 2.75) is 33.2 Å². The van der Waals surface area contributed by atoms with Crippen molar-refractivity contribution in [1.29, 1.82) is 0 Å². The van der Waals surface area contributed by atoms with Crippen molar-refractivity contribution in [2.75, 3.05) is 24.7 Å². The largest absolute Gasteiger partial charge is 0.396 e. The third-order valence-corrected chi connectivity index (χ3v) is 3.28. The Kier molecular flexibility index (Phi) is 7.80. The monoisotopic (exact) mass is 248 g/mol. The van der Waals surface area contributed by atoms with E-state index in [0.29, 0.717) is 6.54 Å². The van der Waals surface area contributed by atoms with Gasteiger partial charge in [0.05, 0.1) is 6.04 Å². The SMILES string of the molecule is CC(C)(C)C(N)C(=O)NCCSCCCO. The normalized spacial score (nSPS) is 13.6. The van der Waals surface area contributed by atoms with E-state index in [1.54, 1.807) is 11.8 Å². The number of thioether (sulfide) groups is 1. The summed E-state index contributed by atoms with van der Waals surface area (Å²) in [5.41, 5.74) is 5.60. The molecule has 0 saturated heterocycles. The molecule has 0 heterocycles. The minimum absolute atomic E-state index is 0.0877. The van der Waals surface area contributed by atoms with Gasteiger partial charge in [-0.1, -0.05) is 20.8 Å². The van der Waals surface area contributed by atoms with Crippen LogP contribution in [0.2, 0.25) is 0 Å². The molecule has 0 aliphatic heterocycles. The Morgan fingerprint density at radius 1 is 1.44 bits per heavy atom. The molecule has 0 aromatic rings. The first-order valence-corrected chi connectivity index (χ1v) is 6.77. The minimum Gasteiger partial charge on any atom is -0.396 e. The highest BCUT2D eigenvalue weighted by molar-refractivity contribution is 7.99. The number of carbonyl (C=O) groups excluding carboxylic acids is 1. The van der Waals surface area contributed by atoms with Crippen molar-refractivity contribution in [3.05, 3.63) is 0 Å². The molecule has 0 spiro atoms. The second-order valence-corrected chi connectivity index (χ2v) is 6.05. The van der Waals surface area contributed by atoms with Crippen LogP contribution in [0.1, 0.15) is 27.2 Å². The first-order chi connectivity index (χ1) is 7.39. The Labute approximate surface area is 102 Å². The van der Waals surface area contributed by atoms with Crippen LogP contribution in [0.4, 0.5) is 0 Å². The van der Waals surface area contributed by atoms with E-state index in [9.17, 15) is 4.79 Å². The number of hydrogen-bond donors (Lipinski definition) is 3. The molecule has 4 N–H and O–H groups in total. The summed E-state index contributed by atoms with van der Waals surface area (Å²) in [5, 5.41) is 11.4. The molecule has 0 aliphatic carbocycles. The molecule has 0 aliphatic rings. The second-order valence-electron chi connectivity index (χ2n) is 4.82. The lowest BCUT2D eigenvalue weighted by Crippen LogP contribution is -2.49. The third kappa shape index (κ3) is 7.09.